The summed E-state index contributed by atoms with van der Waals surface area (Å²) in [4.78, 5) is 12.1. The molecule has 0 aliphatic rings. The van der Waals surface area contributed by atoms with Crippen molar-refractivity contribution in [3.05, 3.63) is 60.3 Å². The van der Waals surface area contributed by atoms with Crippen molar-refractivity contribution in [1.29, 1.82) is 0 Å². The fourth-order valence-electron chi connectivity index (χ4n) is 1.99. The summed E-state index contributed by atoms with van der Waals surface area (Å²) >= 11 is 0. The van der Waals surface area contributed by atoms with Crippen molar-refractivity contribution in [2.45, 2.75) is 0 Å². The number of nitrogens with zero attached hydrogens (tertiary/aromatic N) is 1. The molecule has 0 bridgehead atoms. The van der Waals surface area contributed by atoms with Gasteiger partial charge in [0.1, 0.15) is 17.2 Å². The summed E-state index contributed by atoms with van der Waals surface area (Å²) in [5.41, 5.74) is 2.13. The number of aromatic amines is 1. The molecular formula is C16H13N3O3. The standard InChI is InChI=1S/C16H13N3O3/c20-12-6-4-11(5-7-12)17-16(22)15-9-14(18-19-15)10-2-1-3-13(21)8-10/h1-9,20-21H,(H,17,22)(H,18,19). The summed E-state index contributed by atoms with van der Waals surface area (Å²) in [6.07, 6.45) is 0. The van der Waals surface area contributed by atoms with Gasteiger partial charge in [-0.15, -0.1) is 0 Å². The highest BCUT2D eigenvalue weighted by Crippen LogP contribution is 2.22. The van der Waals surface area contributed by atoms with Gasteiger partial charge >= 0.3 is 0 Å². The monoisotopic (exact) mass is 295 g/mol. The average Bonchev–Trinajstić information content (AvgIpc) is 3.00. The third-order valence-corrected chi connectivity index (χ3v) is 3.09. The number of aromatic hydroxyl groups is 2. The van der Waals surface area contributed by atoms with Crippen molar-refractivity contribution in [2.24, 2.45) is 0 Å². The van der Waals surface area contributed by atoms with E-state index in [0.29, 0.717) is 22.6 Å². The van der Waals surface area contributed by atoms with Crippen LogP contribution >= 0.6 is 0 Å². The van der Waals surface area contributed by atoms with Gasteiger partial charge in [0, 0.05) is 11.3 Å². The van der Waals surface area contributed by atoms with Gasteiger partial charge in [-0.2, -0.15) is 5.10 Å². The van der Waals surface area contributed by atoms with Gasteiger partial charge in [0.25, 0.3) is 5.91 Å². The van der Waals surface area contributed by atoms with E-state index in [1.165, 1.54) is 12.1 Å². The number of carbonyl (C=O) groups is 1. The third kappa shape index (κ3) is 2.90. The quantitative estimate of drug-likeness (QED) is 0.558. The first-order valence-electron chi connectivity index (χ1n) is 6.57. The van der Waals surface area contributed by atoms with E-state index in [-0.39, 0.29) is 17.4 Å². The van der Waals surface area contributed by atoms with E-state index in [0.717, 1.165) is 0 Å². The lowest BCUT2D eigenvalue weighted by Crippen LogP contribution is -2.12. The summed E-state index contributed by atoms with van der Waals surface area (Å²) in [6.45, 7) is 0. The van der Waals surface area contributed by atoms with Crippen LogP contribution in [0.5, 0.6) is 11.5 Å². The highest BCUT2D eigenvalue weighted by Gasteiger charge is 2.11. The number of phenolic OH excluding ortho intramolecular Hbond substituents is 2. The van der Waals surface area contributed by atoms with Gasteiger partial charge in [0.2, 0.25) is 0 Å². The van der Waals surface area contributed by atoms with Crippen LogP contribution in [0.2, 0.25) is 0 Å². The number of H-pyrrole nitrogens is 1. The summed E-state index contributed by atoms with van der Waals surface area (Å²) in [6, 6.07) is 14.4. The van der Waals surface area contributed by atoms with E-state index in [4.69, 9.17) is 0 Å². The molecule has 4 N–H and O–H groups in total. The average molecular weight is 295 g/mol. The van der Waals surface area contributed by atoms with Crippen molar-refractivity contribution >= 4 is 11.6 Å². The van der Waals surface area contributed by atoms with Crippen LogP contribution in [0.3, 0.4) is 0 Å². The number of rotatable bonds is 3. The molecule has 0 spiro atoms. The highest BCUT2D eigenvalue weighted by molar-refractivity contribution is 6.03. The van der Waals surface area contributed by atoms with E-state index < -0.39 is 0 Å². The van der Waals surface area contributed by atoms with E-state index in [9.17, 15) is 15.0 Å². The minimum absolute atomic E-state index is 0.130. The Labute approximate surface area is 126 Å². The van der Waals surface area contributed by atoms with Crippen molar-refractivity contribution in [3.8, 4) is 22.8 Å². The van der Waals surface area contributed by atoms with Gasteiger partial charge < -0.3 is 15.5 Å². The van der Waals surface area contributed by atoms with Crippen LogP contribution in [0.1, 0.15) is 10.5 Å². The topological polar surface area (TPSA) is 98.2 Å². The van der Waals surface area contributed by atoms with Crippen LogP contribution in [0.25, 0.3) is 11.3 Å². The minimum Gasteiger partial charge on any atom is -0.508 e. The second-order valence-electron chi connectivity index (χ2n) is 4.72. The van der Waals surface area contributed by atoms with Crippen LogP contribution in [0.4, 0.5) is 5.69 Å². The molecule has 0 radical (unpaired) electrons. The van der Waals surface area contributed by atoms with Crippen molar-refractivity contribution in [2.75, 3.05) is 5.32 Å². The van der Waals surface area contributed by atoms with E-state index in [1.807, 2.05) is 0 Å². The molecule has 0 saturated carbocycles. The molecular weight excluding hydrogens is 282 g/mol. The minimum atomic E-state index is -0.343. The van der Waals surface area contributed by atoms with Gasteiger partial charge in [-0.1, -0.05) is 12.1 Å². The molecule has 110 valence electrons. The normalized spacial score (nSPS) is 10.4. The molecule has 0 saturated heterocycles. The number of nitrogens with one attached hydrogen (secondary N) is 2. The number of phenols is 2. The van der Waals surface area contributed by atoms with E-state index in [1.54, 1.807) is 42.5 Å². The zero-order chi connectivity index (χ0) is 15.5. The molecule has 0 aliphatic carbocycles. The first-order chi connectivity index (χ1) is 10.6. The van der Waals surface area contributed by atoms with Crippen molar-refractivity contribution in [3.63, 3.8) is 0 Å². The number of amides is 1. The first-order valence-corrected chi connectivity index (χ1v) is 6.57. The molecule has 3 rings (SSSR count). The van der Waals surface area contributed by atoms with Gasteiger partial charge in [-0.25, -0.2) is 0 Å². The Morgan fingerprint density at radius 2 is 1.77 bits per heavy atom. The summed E-state index contributed by atoms with van der Waals surface area (Å²) < 4.78 is 0. The molecule has 0 fully saturated rings. The molecule has 22 heavy (non-hydrogen) atoms. The van der Waals surface area contributed by atoms with Crippen LogP contribution < -0.4 is 5.32 Å². The zero-order valence-electron chi connectivity index (χ0n) is 11.4. The Hall–Kier alpha value is -3.28. The van der Waals surface area contributed by atoms with Crippen molar-refractivity contribution < 1.29 is 15.0 Å². The SMILES string of the molecule is O=C(Nc1ccc(O)cc1)c1cc(-c2cccc(O)c2)n[nH]1. The maximum atomic E-state index is 12.1. The second kappa shape index (κ2) is 5.61. The molecule has 6 heteroatoms. The number of benzene rings is 2. The number of hydrogen-bond acceptors (Lipinski definition) is 4. The predicted molar refractivity (Wildman–Crippen MR) is 81.7 cm³/mol. The van der Waals surface area contributed by atoms with E-state index >= 15 is 0 Å². The van der Waals surface area contributed by atoms with E-state index in [2.05, 4.69) is 15.5 Å². The Morgan fingerprint density at radius 1 is 1.00 bits per heavy atom. The van der Waals surface area contributed by atoms with Crippen LogP contribution in [-0.4, -0.2) is 26.3 Å². The lowest BCUT2D eigenvalue weighted by molar-refractivity contribution is 0.102. The summed E-state index contributed by atoms with van der Waals surface area (Å²) in [7, 11) is 0. The summed E-state index contributed by atoms with van der Waals surface area (Å²) in [5.74, 6) is -0.0779. The van der Waals surface area contributed by atoms with Crippen LogP contribution in [0.15, 0.2) is 54.6 Å². The van der Waals surface area contributed by atoms with Gasteiger partial charge in [0.05, 0.1) is 5.69 Å². The molecule has 1 amide bonds. The lowest BCUT2D eigenvalue weighted by Gasteiger charge is -2.02. The van der Waals surface area contributed by atoms with Gasteiger partial charge in [-0.3, -0.25) is 9.89 Å². The van der Waals surface area contributed by atoms with Crippen LogP contribution in [0, 0.1) is 0 Å². The molecule has 3 aromatic rings. The summed E-state index contributed by atoms with van der Waals surface area (Å²) in [5, 5.41) is 28.1. The fraction of sp³-hybridized carbons (Fsp3) is 0. The highest BCUT2D eigenvalue weighted by atomic mass is 16.3. The Bertz CT molecular complexity index is 810. The maximum Gasteiger partial charge on any atom is 0.273 e. The molecule has 6 nitrogen and oxygen atoms in total. The lowest BCUT2D eigenvalue weighted by atomic mass is 10.1. The number of hydrogen-bond donors (Lipinski definition) is 4. The van der Waals surface area contributed by atoms with Crippen molar-refractivity contribution in [1.82, 2.24) is 10.2 Å². The molecule has 0 unspecified atom stereocenters. The maximum absolute atomic E-state index is 12.1. The Morgan fingerprint density at radius 3 is 2.50 bits per heavy atom. The molecule has 2 aromatic carbocycles. The molecule has 1 aromatic heterocycles. The second-order valence-corrected chi connectivity index (χ2v) is 4.72. The molecule has 1 heterocycles. The largest absolute Gasteiger partial charge is 0.508 e. The smallest absolute Gasteiger partial charge is 0.273 e. The number of aromatic nitrogens is 2. The first kappa shape index (κ1) is 13.7. The molecule has 0 aliphatic heterocycles. The molecule has 0 atom stereocenters. The van der Waals surface area contributed by atoms with Gasteiger partial charge in [0.15, 0.2) is 0 Å². The number of carbonyl (C=O) groups excluding carboxylic acids is 1. The Kier molecular flexibility index (Phi) is 3.49. The van der Waals surface area contributed by atoms with Gasteiger partial charge in [-0.05, 0) is 42.5 Å². The Balaban J connectivity index is 1.78. The van der Waals surface area contributed by atoms with Crippen LogP contribution in [-0.2, 0) is 0 Å². The third-order valence-electron chi connectivity index (χ3n) is 3.09. The fourth-order valence-corrected chi connectivity index (χ4v) is 1.99. The number of anilines is 1. The zero-order valence-corrected chi connectivity index (χ0v) is 11.4. The predicted octanol–water partition coefficient (Wildman–Crippen LogP) is 2.74.